The SMILES string of the molecule is Cc1ccc(S(=O)(=O)N2CCCN([C@H](C)C(=O)Nc3ccc(N4CCCCC4)cc3)CC2)cc1. The molecule has 2 aromatic carbocycles. The number of sulfonamides is 1. The smallest absolute Gasteiger partial charge is 0.243 e. The fraction of sp³-hybridized carbons (Fsp3) is 0.500. The number of amides is 1. The Labute approximate surface area is 203 Å². The summed E-state index contributed by atoms with van der Waals surface area (Å²) in [4.78, 5) is 17.7. The first-order chi connectivity index (χ1) is 16.3. The molecule has 0 bridgehead atoms. The maximum absolute atomic E-state index is 13.1. The van der Waals surface area contributed by atoms with Gasteiger partial charge in [0.1, 0.15) is 0 Å². The van der Waals surface area contributed by atoms with Crippen molar-refractivity contribution < 1.29 is 13.2 Å². The van der Waals surface area contributed by atoms with E-state index in [0.717, 1.165) is 24.3 Å². The first-order valence-electron chi connectivity index (χ1n) is 12.3. The molecule has 1 atom stereocenters. The highest BCUT2D eigenvalue weighted by molar-refractivity contribution is 7.89. The highest BCUT2D eigenvalue weighted by atomic mass is 32.2. The highest BCUT2D eigenvalue weighted by Gasteiger charge is 2.30. The molecular weight excluding hydrogens is 448 g/mol. The van der Waals surface area contributed by atoms with Gasteiger partial charge < -0.3 is 10.2 Å². The van der Waals surface area contributed by atoms with Gasteiger partial charge in [-0.1, -0.05) is 17.7 Å². The second-order valence-electron chi connectivity index (χ2n) is 9.37. The minimum atomic E-state index is -3.53. The zero-order chi connectivity index (χ0) is 24.1. The topological polar surface area (TPSA) is 73.0 Å². The fourth-order valence-corrected chi connectivity index (χ4v) is 6.19. The number of nitrogens with zero attached hydrogens (tertiary/aromatic N) is 3. The Balaban J connectivity index is 1.33. The molecule has 0 radical (unpaired) electrons. The number of carbonyl (C=O) groups excluding carboxylic acids is 1. The van der Waals surface area contributed by atoms with Crippen molar-refractivity contribution in [3.05, 3.63) is 54.1 Å². The molecule has 0 spiro atoms. The lowest BCUT2D eigenvalue weighted by Gasteiger charge is -2.29. The van der Waals surface area contributed by atoms with E-state index in [4.69, 9.17) is 0 Å². The Morgan fingerprint density at radius 2 is 1.50 bits per heavy atom. The standard InChI is InChI=1S/C26H36N4O3S/c1-21-7-13-25(14-8-21)34(32,33)30-18-6-17-28(19-20-30)22(2)26(31)27-23-9-11-24(12-10-23)29-15-4-3-5-16-29/h7-14,22H,3-6,15-20H2,1-2H3,(H,27,31)/t22-/m1/s1. The van der Waals surface area contributed by atoms with Crippen molar-refractivity contribution in [2.24, 2.45) is 0 Å². The summed E-state index contributed by atoms with van der Waals surface area (Å²) < 4.78 is 27.7. The van der Waals surface area contributed by atoms with Crippen LogP contribution in [-0.4, -0.2) is 68.8 Å². The van der Waals surface area contributed by atoms with Crippen LogP contribution in [-0.2, 0) is 14.8 Å². The van der Waals surface area contributed by atoms with Crippen LogP contribution >= 0.6 is 0 Å². The number of hydrogen-bond donors (Lipinski definition) is 1. The molecule has 2 saturated heterocycles. The molecule has 2 aliphatic rings. The van der Waals surface area contributed by atoms with E-state index in [1.54, 1.807) is 16.4 Å². The van der Waals surface area contributed by atoms with Gasteiger partial charge in [-0.25, -0.2) is 8.42 Å². The molecule has 1 N–H and O–H groups in total. The van der Waals surface area contributed by atoms with Crippen molar-refractivity contribution in [1.29, 1.82) is 0 Å². The second kappa shape index (κ2) is 10.9. The van der Waals surface area contributed by atoms with Crippen LogP contribution in [0.3, 0.4) is 0 Å². The lowest BCUT2D eigenvalue weighted by molar-refractivity contribution is -0.120. The van der Waals surface area contributed by atoms with Crippen LogP contribution in [0.15, 0.2) is 53.4 Å². The average molecular weight is 485 g/mol. The first kappa shape index (κ1) is 24.7. The Kier molecular flexibility index (Phi) is 7.91. The van der Waals surface area contributed by atoms with Gasteiger partial charge in [-0.05, 0) is 75.9 Å². The molecule has 0 unspecified atom stereocenters. The molecule has 0 saturated carbocycles. The first-order valence-corrected chi connectivity index (χ1v) is 13.8. The minimum absolute atomic E-state index is 0.0689. The van der Waals surface area contributed by atoms with Crippen molar-refractivity contribution in [3.63, 3.8) is 0 Å². The number of nitrogens with one attached hydrogen (secondary N) is 1. The van der Waals surface area contributed by atoms with Crippen LogP contribution in [0.25, 0.3) is 0 Å². The Morgan fingerprint density at radius 3 is 2.18 bits per heavy atom. The average Bonchev–Trinajstić information content (AvgIpc) is 3.12. The van der Waals surface area contributed by atoms with Gasteiger partial charge in [-0.3, -0.25) is 9.69 Å². The van der Waals surface area contributed by atoms with Crippen molar-refractivity contribution in [2.45, 2.75) is 50.5 Å². The Bertz CT molecular complexity index is 1060. The highest BCUT2D eigenvalue weighted by Crippen LogP contribution is 2.23. The van der Waals surface area contributed by atoms with E-state index < -0.39 is 10.0 Å². The summed E-state index contributed by atoms with van der Waals surface area (Å²) in [5.41, 5.74) is 3.02. The van der Waals surface area contributed by atoms with Crippen molar-refractivity contribution in [2.75, 3.05) is 49.5 Å². The summed E-state index contributed by atoms with van der Waals surface area (Å²) in [6.45, 7) is 8.05. The molecule has 0 aromatic heterocycles. The van der Waals surface area contributed by atoms with E-state index in [2.05, 4.69) is 27.2 Å². The summed E-state index contributed by atoms with van der Waals surface area (Å²) in [5, 5.41) is 3.03. The van der Waals surface area contributed by atoms with Gasteiger partial charge in [0.25, 0.3) is 0 Å². The van der Waals surface area contributed by atoms with Gasteiger partial charge in [0.05, 0.1) is 10.9 Å². The van der Waals surface area contributed by atoms with Gasteiger partial charge in [-0.2, -0.15) is 4.31 Å². The number of aryl methyl sites for hydroxylation is 1. The molecule has 2 aromatic rings. The predicted molar refractivity (Wildman–Crippen MR) is 137 cm³/mol. The van der Waals surface area contributed by atoms with Crippen LogP contribution < -0.4 is 10.2 Å². The Hall–Kier alpha value is -2.42. The summed E-state index contributed by atoms with van der Waals surface area (Å²) in [7, 11) is -3.53. The fourth-order valence-electron chi connectivity index (χ4n) is 4.72. The van der Waals surface area contributed by atoms with Gasteiger partial charge in [0, 0.05) is 50.6 Å². The molecule has 4 rings (SSSR count). The molecule has 2 heterocycles. The summed E-state index contributed by atoms with van der Waals surface area (Å²) in [6, 6.07) is 14.7. The monoisotopic (exact) mass is 484 g/mol. The number of rotatable bonds is 6. The molecule has 0 aliphatic carbocycles. The zero-order valence-electron chi connectivity index (χ0n) is 20.2. The normalized spacial score (nSPS) is 19.4. The summed E-state index contributed by atoms with van der Waals surface area (Å²) >= 11 is 0. The van der Waals surface area contributed by atoms with E-state index in [1.165, 1.54) is 24.9 Å². The van der Waals surface area contributed by atoms with Gasteiger partial charge in [0.15, 0.2) is 0 Å². The summed E-state index contributed by atoms with van der Waals surface area (Å²) in [5.74, 6) is -0.0689. The predicted octanol–water partition coefficient (Wildman–Crippen LogP) is 3.71. The van der Waals surface area contributed by atoms with E-state index in [1.807, 2.05) is 38.1 Å². The molecule has 7 nitrogen and oxygen atoms in total. The lowest BCUT2D eigenvalue weighted by atomic mass is 10.1. The van der Waals surface area contributed by atoms with Crippen molar-refractivity contribution in [1.82, 2.24) is 9.21 Å². The van der Waals surface area contributed by atoms with E-state index >= 15 is 0 Å². The molecule has 184 valence electrons. The zero-order valence-corrected chi connectivity index (χ0v) is 21.1. The molecule has 2 aliphatic heterocycles. The van der Waals surface area contributed by atoms with Crippen LogP contribution in [0.2, 0.25) is 0 Å². The van der Waals surface area contributed by atoms with Gasteiger partial charge >= 0.3 is 0 Å². The van der Waals surface area contributed by atoms with Crippen LogP contribution in [0, 0.1) is 6.92 Å². The number of anilines is 2. The van der Waals surface area contributed by atoms with Crippen molar-refractivity contribution >= 4 is 27.3 Å². The number of hydrogen-bond acceptors (Lipinski definition) is 5. The second-order valence-corrected chi connectivity index (χ2v) is 11.3. The van der Waals surface area contributed by atoms with Gasteiger partial charge in [0.2, 0.25) is 15.9 Å². The molecule has 34 heavy (non-hydrogen) atoms. The van der Waals surface area contributed by atoms with Crippen LogP contribution in [0.5, 0.6) is 0 Å². The van der Waals surface area contributed by atoms with E-state index in [9.17, 15) is 13.2 Å². The molecule has 2 fully saturated rings. The minimum Gasteiger partial charge on any atom is -0.372 e. The third-order valence-corrected chi connectivity index (χ3v) is 8.84. The number of carbonyl (C=O) groups is 1. The van der Waals surface area contributed by atoms with Crippen molar-refractivity contribution in [3.8, 4) is 0 Å². The molecule has 8 heteroatoms. The van der Waals surface area contributed by atoms with Gasteiger partial charge in [-0.15, -0.1) is 0 Å². The number of benzene rings is 2. The maximum atomic E-state index is 13.1. The quantitative estimate of drug-likeness (QED) is 0.677. The van der Waals surface area contributed by atoms with Crippen LogP contribution in [0.4, 0.5) is 11.4 Å². The van der Waals surface area contributed by atoms with E-state index in [-0.39, 0.29) is 11.9 Å². The third-order valence-electron chi connectivity index (χ3n) is 6.93. The largest absolute Gasteiger partial charge is 0.372 e. The number of piperidine rings is 1. The summed E-state index contributed by atoms with van der Waals surface area (Å²) in [6.07, 6.45) is 4.45. The molecular formula is C26H36N4O3S. The maximum Gasteiger partial charge on any atom is 0.243 e. The van der Waals surface area contributed by atoms with Crippen LogP contribution in [0.1, 0.15) is 38.2 Å². The van der Waals surface area contributed by atoms with E-state index in [0.29, 0.717) is 37.5 Å². The lowest BCUT2D eigenvalue weighted by Crippen LogP contribution is -2.44. The molecule has 1 amide bonds. The Morgan fingerprint density at radius 1 is 0.824 bits per heavy atom. The third kappa shape index (κ3) is 5.79.